The summed E-state index contributed by atoms with van der Waals surface area (Å²) in [7, 11) is 0. The maximum absolute atomic E-state index is 11.4. The highest BCUT2D eigenvalue weighted by atomic mass is 16.1. The van der Waals surface area contributed by atoms with Crippen molar-refractivity contribution in [1.82, 2.24) is 0 Å². The molecule has 0 aromatic carbocycles. The lowest BCUT2D eigenvalue weighted by molar-refractivity contribution is -0.115. The van der Waals surface area contributed by atoms with Gasteiger partial charge in [0.05, 0.1) is 0 Å². The van der Waals surface area contributed by atoms with Crippen molar-refractivity contribution in [2.24, 2.45) is 5.92 Å². The number of carbonyl (C=O) groups excluding carboxylic acids is 1. The monoisotopic (exact) mass is 180 g/mol. The van der Waals surface area contributed by atoms with Gasteiger partial charge in [-0.25, -0.2) is 0 Å². The Morgan fingerprint density at radius 2 is 1.85 bits per heavy atom. The van der Waals surface area contributed by atoms with Crippen LogP contribution in [0.25, 0.3) is 0 Å². The third-order valence-corrected chi connectivity index (χ3v) is 2.66. The minimum Gasteiger partial charge on any atom is -0.295 e. The molecule has 1 aliphatic carbocycles. The van der Waals surface area contributed by atoms with E-state index in [4.69, 9.17) is 0 Å². The summed E-state index contributed by atoms with van der Waals surface area (Å²) in [6.07, 6.45) is 9.12. The molecule has 1 nitrogen and oxygen atoms in total. The van der Waals surface area contributed by atoms with Crippen molar-refractivity contribution in [1.29, 1.82) is 0 Å². The lowest BCUT2D eigenvalue weighted by Crippen LogP contribution is -2.10. The van der Waals surface area contributed by atoms with E-state index in [-0.39, 0.29) is 0 Å². The Hall–Kier alpha value is -0.590. The Morgan fingerprint density at radius 1 is 1.23 bits per heavy atom. The normalized spacial score (nSPS) is 18.3. The number of hydrogen-bond donors (Lipinski definition) is 0. The van der Waals surface area contributed by atoms with Gasteiger partial charge in [0.25, 0.3) is 0 Å². The Kier molecular flexibility index (Phi) is 4.20. The zero-order valence-electron chi connectivity index (χ0n) is 8.81. The summed E-state index contributed by atoms with van der Waals surface area (Å²) >= 11 is 0. The van der Waals surface area contributed by atoms with Crippen LogP contribution in [-0.2, 0) is 4.79 Å². The lowest BCUT2D eigenvalue weighted by atomic mass is 9.85. The minimum absolute atomic E-state index is 0.326. The van der Waals surface area contributed by atoms with Gasteiger partial charge in [0.1, 0.15) is 0 Å². The molecule has 1 rings (SSSR count). The second kappa shape index (κ2) is 5.21. The molecule has 0 atom stereocenters. The van der Waals surface area contributed by atoms with Gasteiger partial charge in [0, 0.05) is 6.42 Å². The topological polar surface area (TPSA) is 17.1 Å². The van der Waals surface area contributed by atoms with Crippen molar-refractivity contribution in [3.63, 3.8) is 0 Å². The van der Waals surface area contributed by atoms with E-state index in [2.05, 4.69) is 0 Å². The van der Waals surface area contributed by atoms with Crippen LogP contribution in [0.2, 0.25) is 0 Å². The van der Waals surface area contributed by atoms with Gasteiger partial charge >= 0.3 is 0 Å². The molecule has 0 bridgehead atoms. The molecule has 1 aliphatic rings. The maximum Gasteiger partial charge on any atom is 0.155 e. The number of carbonyl (C=O) groups is 1. The SMILES string of the molecule is CC(C)=CC(=O)CC1CCCCC1. The van der Waals surface area contributed by atoms with Gasteiger partial charge in [0.15, 0.2) is 5.78 Å². The molecule has 1 fully saturated rings. The fourth-order valence-electron chi connectivity index (χ4n) is 2.06. The van der Waals surface area contributed by atoms with Crippen LogP contribution in [-0.4, -0.2) is 5.78 Å². The van der Waals surface area contributed by atoms with Crippen LogP contribution in [0.4, 0.5) is 0 Å². The second-order valence-electron chi connectivity index (χ2n) is 4.40. The molecular formula is C12H20O. The molecule has 0 unspecified atom stereocenters. The van der Waals surface area contributed by atoms with Crippen molar-refractivity contribution in [2.45, 2.75) is 52.4 Å². The molecule has 1 heteroatoms. The number of hydrogen-bond acceptors (Lipinski definition) is 1. The van der Waals surface area contributed by atoms with Crippen molar-refractivity contribution < 1.29 is 4.79 Å². The summed E-state index contributed by atoms with van der Waals surface area (Å²) in [6.45, 7) is 3.97. The van der Waals surface area contributed by atoms with Crippen LogP contribution in [0.5, 0.6) is 0 Å². The van der Waals surface area contributed by atoms with E-state index in [1.807, 2.05) is 13.8 Å². The molecule has 0 aliphatic heterocycles. The summed E-state index contributed by atoms with van der Waals surface area (Å²) in [6, 6.07) is 0. The molecule has 1 saturated carbocycles. The zero-order chi connectivity index (χ0) is 9.68. The van der Waals surface area contributed by atoms with Gasteiger partial charge in [-0.2, -0.15) is 0 Å². The minimum atomic E-state index is 0.326. The first-order valence-corrected chi connectivity index (χ1v) is 5.36. The predicted molar refractivity (Wildman–Crippen MR) is 55.6 cm³/mol. The Balaban J connectivity index is 2.30. The van der Waals surface area contributed by atoms with E-state index in [0.717, 1.165) is 12.0 Å². The molecule has 13 heavy (non-hydrogen) atoms. The fourth-order valence-corrected chi connectivity index (χ4v) is 2.06. The summed E-state index contributed by atoms with van der Waals surface area (Å²) in [5.74, 6) is 1.00. The van der Waals surface area contributed by atoms with Gasteiger partial charge in [-0.3, -0.25) is 4.79 Å². The first-order chi connectivity index (χ1) is 6.18. The van der Waals surface area contributed by atoms with E-state index >= 15 is 0 Å². The summed E-state index contributed by atoms with van der Waals surface area (Å²) in [5.41, 5.74) is 1.13. The third kappa shape index (κ3) is 4.25. The number of rotatable bonds is 3. The van der Waals surface area contributed by atoms with E-state index < -0.39 is 0 Å². The van der Waals surface area contributed by atoms with Gasteiger partial charge in [-0.05, 0) is 25.8 Å². The molecule has 0 radical (unpaired) electrons. The summed E-state index contributed by atoms with van der Waals surface area (Å²) in [4.78, 5) is 11.4. The zero-order valence-corrected chi connectivity index (χ0v) is 8.81. The number of ketones is 1. The largest absolute Gasteiger partial charge is 0.295 e. The molecule has 0 aromatic rings. The van der Waals surface area contributed by atoms with Gasteiger partial charge < -0.3 is 0 Å². The van der Waals surface area contributed by atoms with Gasteiger partial charge in [-0.1, -0.05) is 37.7 Å². The first-order valence-electron chi connectivity index (χ1n) is 5.36. The summed E-state index contributed by atoms with van der Waals surface area (Å²) in [5, 5.41) is 0. The standard InChI is InChI=1S/C12H20O/c1-10(2)8-12(13)9-11-6-4-3-5-7-11/h8,11H,3-7,9H2,1-2H3. The molecule has 0 saturated heterocycles. The van der Waals surface area contributed by atoms with Crippen LogP contribution in [0.15, 0.2) is 11.6 Å². The molecule has 0 amide bonds. The molecule has 0 aromatic heterocycles. The quantitative estimate of drug-likeness (QED) is 0.607. The summed E-state index contributed by atoms with van der Waals surface area (Å²) < 4.78 is 0. The first kappa shape index (κ1) is 10.5. The molecule has 0 N–H and O–H groups in total. The highest BCUT2D eigenvalue weighted by Gasteiger charge is 2.15. The van der Waals surface area contributed by atoms with E-state index in [0.29, 0.717) is 11.7 Å². The molecule has 74 valence electrons. The van der Waals surface area contributed by atoms with Gasteiger partial charge in [-0.15, -0.1) is 0 Å². The van der Waals surface area contributed by atoms with Crippen LogP contribution < -0.4 is 0 Å². The average Bonchev–Trinajstić information content (AvgIpc) is 2.04. The Morgan fingerprint density at radius 3 is 2.38 bits per heavy atom. The van der Waals surface area contributed by atoms with Crippen LogP contribution >= 0.6 is 0 Å². The number of allylic oxidation sites excluding steroid dienone is 2. The highest BCUT2D eigenvalue weighted by molar-refractivity contribution is 5.90. The van der Waals surface area contributed by atoms with Gasteiger partial charge in [0.2, 0.25) is 0 Å². The van der Waals surface area contributed by atoms with Crippen molar-refractivity contribution >= 4 is 5.78 Å². The molecular weight excluding hydrogens is 160 g/mol. The van der Waals surface area contributed by atoms with E-state index in [9.17, 15) is 4.79 Å². The Labute approximate surface area is 81.2 Å². The predicted octanol–water partition coefficient (Wildman–Crippen LogP) is 3.49. The molecule has 0 spiro atoms. The lowest BCUT2D eigenvalue weighted by Gasteiger charge is -2.19. The van der Waals surface area contributed by atoms with Crippen molar-refractivity contribution in [3.8, 4) is 0 Å². The van der Waals surface area contributed by atoms with E-state index in [1.165, 1.54) is 32.1 Å². The van der Waals surface area contributed by atoms with Crippen LogP contribution in [0.1, 0.15) is 52.4 Å². The fraction of sp³-hybridized carbons (Fsp3) is 0.750. The third-order valence-electron chi connectivity index (χ3n) is 2.66. The maximum atomic E-state index is 11.4. The average molecular weight is 180 g/mol. The Bertz CT molecular complexity index is 193. The van der Waals surface area contributed by atoms with E-state index in [1.54, 1.807) is 6.08 Å². The van der Waals surface area contributed by atoms with Crippen molar-refractivity contribution in [2.75, 3.05) is 0 Å². The highest BCUT2D eigenvalue weighted by Crippen LogP contribution is 2.26. The van der Waals surface area contributed by atoms with Crippen LogP contribution in [0.3, 0.4) is 0 Å². The second-order valence-corrected chi connectivity index (χ2v) is 4.40. The van der Waals surface area contributed by atoms with Crippen LogP contribution in [0, 0.1) is 5.92 Å². The van der Waals surface area contributed by atoms with Crippen molar-refractivity contribution in [3.05, 3.63) is 11.6 Å². The smallest absolute Gasteiger partial charge is 0.155 e. The molecule has 0 heterocycles.